The van der Waals surface area contributed by atoms with Crippen molar-refractivity contribution in [3.63, 3.8) is 0 Å². The third-order valence-electron chi connectivity index (χ3n) is 6.59. The highest BCUT2D eigenvalue weighted by Gasteiger charge is 2.29. The first-order valence-electron chi connectivity index (χ1n) is 13.2. The van der Waals surface area contributed by atoms with Gasteiger partial charge in [0.05, 0.1) is 25.6 Å². The van der Waals surface area contributed by atoms with E-state index < -0.39 is 17.7 Å². The van der Waals surface area contributed by atoms with Gasteiger partial charge in [0.1, 0.15) is 23.1 Å². The van der Waals surface area contributed by atoms with E-state index in [0.717, 1.165) is 12.8 Å². The Labute approximate surface area is 248 Å². The van der Waals surface area contributed by atoms with E-state index in [2.05, 4.69) is 15.3 Å². The summed E-state index contributed by atoms with van der Waals surface area (Å²) in [5.74, 6) is 2.16. The van der Waals surface area contributed by atoms with Crippen molar-refractivity contribution in [3.05, 3.63) is 23.5 Å². The zero-order chi connectivity index (χ0) is 29.9. The summed E-state index contributed by atoms with van der Waals surface area (Å²) in [5.41, 5.74) is 6.03. The molecule has 3 heterocycles. The third-order valence-corrected chi connectivity index (χ3v) is 8.00. The number of anilines is 1. The predicted molar refractivity (Wildman–Crippen MR) is 156 cm³/mol. The number of methoxy groups -OCH3 is 2. The maximum absolute atomic E-state index is 12.9. The quantitative estimate of drug-likeness (QED) is 0.380. The van der Waals surface area contributed by atoms with Crippen LogP contribution in [0.3, 0.4) is 0 Å². The first-order valence-corrected chi connectivity index (χ1v) is 14.4. The van der Waals surface area contributed by atoms with Gasteiger partial charge < -0.3 is 34.7 Å². The first-order chi connectivity index (χ1) is 19.4. The number of alkyl carbamates (subject to hydrolysis) is 1. The molecule has 0 radical (unpaired) electrons. The fraction of sp³-hybridized carbons (Fsp3) is 0.519. The van der Waals surface area contributed by atoms with Crippen LogP contribution in [0.25, 0.3) is 11.5 Å². The molecule has 41 heavy (non-hydrogen) atoms. The van der Waals surface area contributed by atoms with Crippen LogP contribution in [0.15, 0.2) is 28.5 Å². The van der Waals surface area contributed by atoms with E-state index in [4.69, 9.17) is 36.5 Å². The van der Waals surface area contributed by atoms with Gasteiger partial charge in [0, 0.05) is 30.6 Å². The Morgan fingerprint density at radius 3 is 2.54 bits per heavy atom. The van der Waals surface area contributed by atoms with Crippen LogP contribution < -0.4 is 20.5 Å². The fourth-order valence-electron chi connectivity index (χ4n) is 4.53. The Balaban J connectivity index is 1.41. The van der Waals surface area contributed by atoms with Crippen LogP contribution in [0, 0.1) is 5.92 Å². The highest BCUT2D eigenvalue weighted by Crippen LogP contribution is 2.42. The van der Waals surface area contributed by atoms with Crippen molar-refractivity contribution in [3.8, 4) is 23.0 Å². The number of piperidine rings is 1. The number of amides is 2. The standard InChI is InChI=1S/C27H36ClN7O5S/c1-15(31-26(37)40-27(2,3)4)24(36)34-9-7-16(8-10-34)13-35-14-30-22(29)21-23(35)33-25(32-21)41-19-12-17(38-5)11-18(39-6)20(19)28/h11-12,14-16H,7-10,13,29H2,1-6H3,(H,31,37)/t15-/m1/s1. The van der Waals surface area contributed by atoms with Gasteiger partial charge in [0.25, 0.3) is 0 Å². The van der Waals surface area contributed by atoms with Gasteiger partial charge in [-0.15, -0.1) is 0 Å². The van der Waals surface area contributed by atoms with Gasteiger partial charge in [-0.1, -0.05) is 11.6 Å². The zero-order valence-corrected chi connectivity index (χ0v) is 25.6. The summed E-state index contributed by atoms with van der Waals surface area (Å²) in [6.45, 7) is 8.82. The second-order valence-electron chi connectivity index (χ2n) is 10.8. The van der Waals surface area contributed by atoms with Crippen LogP contribution in [0.1, 0.15) is 40.5 Å². The number of hydrogen-bond donors (Lipinski definition) is 2. The molecule has 0 spiro atoms. The highest BCUT2D eigenvalue weighted by molar-refractivity contribution is 7.99. The number of nitrogens with one attached hydrogen (secondary N) is 1. The SMILES string of the molecule is COc1cc(OC)c(Cl)c(Sc2nc3c(N)ncn(CC4CCN(C(=O)[C@@H](C)NC(=O)OC(C)(C)C)CC4)c-3n2)c1. The van der Waals surface area contributed by atoms with Crippen molar-refractivity contribution in [2.45, 2.75) is 68.8 Å². The summed E-state index contributed by atoms with van der Waals surface area (Å²) in [4.78, 5) is 41.1. The van der Waals surface area contributed by atoms with Gasteiger partial charge in [-0.25, -0.2) is 19.7 Å². The van der Waals surface area contributed by atoms with Crippen LogP contribution in [0.2, 0.25) is 5.02 Å². The molecule has 1 saturated heterocycles. The second-order valence-corrected chi connectivity index (χ2v) is 12.2. The number of likely N-dealkylation sites (tertiary alicyclic amines) is 1. The smallest absolute Gasteiger partial charge is 0.408 e. The molecule has 2 amide bonds. The van der Waals surface area contributed by atoms with E-state index in [1.54, 1.807) is 65.3 Å². The third kappa shape index (κ3) is 7.45. The maximum Gasteiger partial charge on any atom is 0.408 e. The molecular weight excluding hydrogens is 570 g/mol. The number of benzene rings is 1. The lowest BCUT2D eigenvalue weighted by molar-refractivity contribution is -0.134. The van der Waals surface area contributed by atoms with Crippen LogP contribution in [-0.2, 0) is 16.1 Å². The van der Waals surface area contributed by atoms with Crippen molar-refractivity contribution in [2.75, 3.05) is 33.0 Å². The normalized spacial score (nSPS) is 15.0. The Morgan fingerprint density at radius 1 is 1.20 bits per heavy atom. The van der Waals surface area contributed by atoms with E-state index in [0.29, 0.717) is 57.7 Å². The Bertz CT molecular complexity index is 1370. The number of ether oxygens (including phenoxy) is 3. The number of rotatable bonds is 8. The molecule has 3 aliphatic heterocycles. The Hall–Kier alpha value is -3.45. The number of nitrogen functional groups attached to an aromatic ring is 1. The largest absolute Gasteiger partial charge is 0.497 e. The number of carbonyl (C=O) groups is 2. The van der Waals surface area contributed by atoms with Crippen LogP contribution in [0.4, 0.5) is 10.6 Å². The molecule has 1 atom stereocenters. The number of aromatic nitrogens is 4. The van der Waals surface area contributed by atoms with Gasteiger partial charge in [-0.2, -0.15) is 0 Å². The molecule has 1 aromatic rings. The molecular formula is C27H36ClN7O5S. The number of carbonyl (C=O) groups excluding carboxylic acids is 2. The van der Waals surface area contributed by atoms with Crippen molar-refractivity contribution >= 4 is 41.2 Å². The summed E-state index contributed by atoms with van der Waals surface area (Å²) in [5, 5.41) is 3.53. The summed E-state index contributed by atoms with van der Waals surface area (Å²) >= 11 is 7.81. The number of nitrogens with zero attached hydrogens (tertiary/aromatic N) is 5. The maximum atomic E-state index is 12.9. The number of hydrogen-bond acceptors (Lipinski definition) is 10. The summed E-state index contributed by atoms with van der Waals surface area (Å²) in [7, 11) is 3.11. The lowest BCUT2D eigenvalue weighted by atomic mass is 9.96. The van der Waals surface area contributed by atoms with Crippen molar-refractivity contribution in [1.29, 1.82) is 0 Å². The van der Waals surface area contributed by atoms with E-state index in [-0.39, 0.29) is 17.6 Å². The molecule has 4 rings (SSSR count). The number of imidazole rings is 1. The number of halogens is 1. The second kappa shape index (κ2) is 12.6. The molecule has 14 heteroatoms. The molecule has 222 valence electrons. The van der Waals surface area contributed by atoms with E-state index in [1.807, 2.05) is 4.57 Å². The van der Waals surface area contributed by atoms with Crippen LogP contribution >= 0.6 is 23.4 Å². The molecule has 0 saturated carbocycles. The van der Waals surface area contributed by atoms with Gasteiger partial charge in [0.2, 0.25) is 5.91 Å². The molecule has 0 aromatic heterocycles. The molecule has 1 aromatic carbocycles. The lowest BCUT2D eigenvalue weighted by Crippen LogP contribution is -2.50. The average molecular weight is 606 g/mol. The van der Waals surface area contributed by atoms with E-state index >= 15 is 0 Å². The van der Waals surface area contributed by atoms with E-state index in [1.165, 1.54) is 11.8 Å². The zero-order valence-electron chi connectivity index (χ0n) is 24.1. The van der Waals surface area contributed by atoms with Crippen molar-refractivity contribution in [2.24, 2.45) is 5.92 Å². The minimum Gasteiger partial charge on any atom is -0.497 e. The molecule has 12 nitrogen and oxygen atoms in total. The number of nitrogens with two attached hydrogens (primary N) is 1. The Kier molecular flexibility index (Phi) is 9.37. The first kappa shape index (κ1) is 30.5. The molecule has 3 aliphatic rings. The fourth-order valence-corrected chi connectivity index (χ4v) is 5.67. The Morgan fingerprint density at radius 2 is 1.90 bits per heavy atom. The molecule has 3 N–H and O–H groups in total. The molecule has 0 bridgehead atoms. The summed E-state index contributed by atoms with van der Waals surface area (Å²) in [6, 6.07) is 2.83. The number of fused-ring (bicyclic) bond motifs is 1. The lowest BCUT2D eigenvalue weighted by Gasteiger charge is -2.34. The van der Waals surface area contributed by atoms with Gasteiger partial charge in [0.15, 0.2) is 22.5 Å². The van der Waals surface area contributed by atoms with E-state index in [9.17, 15) is 9.59 Å². The van der Waals surface area contributed by atoms with Crippen molar-refractivity contribution in [1.82, 2.24) is 29.7 Å². The van der Waals surface area contributed by atoms with Crippen LogP contribution in [-0.4, -0.2) is 75.4 Å². The molecule has 1 fully saturated rings. The van der Waals surface area contributed by atoms with Crippen molar-refractivity contribution < 1.29 is 23.8 Å². The monoisotopic (exact) mass is 605 g/mol. The molecule has 0 aliphatic carbocycles. The highest BCUT2D eigenvalue weighted by atomic mass is 35.5. The van der Waals surface area contributed by atoms with Gasteiger partial charge >= 0.3 is 6.09 Å². The van der Waals surface area contributed by atoms with Gasteiger partial charge in [-0.05, 0) is 64.3 Å². The molecule has 0 unspecified atom stereocenters. The average Bonchev–Trinajstić information content (AvgIpc) is 3.35. The topological polar surface area (TPSA) is 147 Å². The summed E-state index contributed by atoms with van der Waals surface area (Å²) in [6.07, 6.45) is 2.65. The van der Waals surface area contributed by atoms with Gasteiger partial charge in [-0.3, -0.25) is 4.79 Å². The minimum atomic E-state index is -0.676. The predicted octanol–water partition coefficient (Wildman–Crippen LogP) is 4.33. The summed E-state index contributed by atoms with van der Waals surface area (Å²) < 4.78 is 17.9. The van der Waals surface area contributed by atoms with Crippen LogP contribution in [0.5, 0.6) is 11.5 Å². The minimum absolute atomic E-state index is 0.130.